The van der Waals surface area contributed by atoms with E-state index >= 15 is 0 Å². The average Bonchev–Trinajstić information content (AvgIpc) is 3.26. The van der Waals surface area contributed by atoms with Gasteiger partial charge < -0.3 is 4.74 Å². The van der Waals surface area contributed by atoms with Crippen LogP contribution in [0.5, 0.6) is 0 Å². The Bertz CT molecular complexity index is 1020. The zero-order valence-corrected chi connectivity index (χ0v) is 15.3. The van der Waals surface area contributed by atoms with Gasteiger partial charge in [0.2, 0.25) is 0 Å². The van der Waals surface area contributed by atoms with Crippen molar-refractivity contribution in [1.29, 1.82) is 0 Å². The molecule has 2 amide bonds. The van der Waals surface area contributed by atoms with Crippen LogP contribution in [0.2, 0.25) is 0 Å². The third-order valence-electron chi connectivity index (χ3n) is 4.42. The first-order valence-corrected chi connectivity index (χ1v) is 9.21. The van der Waals surface area contributed by atoms with Gasteiger partial charge in [0, 0.05) is 5.56 Å². The summed E-state index contributed by atoms with van der Waals surface area (Å²) in [5.41, 5.74) is 3.47. The summed E-state index contributed by atoms with van der Waals surface area (Å²) in [5, 5.41) is 1.81. The quantitative estimate of drug-likeness (QED) is 0.506. The summed E-state index contributed by atoms with van der Waals surface area (Å²) in [6, 6.07) is 16.3. The summed E-state index contributed by atoms with van der Waals surface area (Å²) in [6.07, 6.45) is 0. The van der Waals surface area contributed by atoms with E-state index in [9.17, 15) is 14.4 Å². The zero-order valence-electron chi connectivity index (χ0n) is 14.5. The number of aryl methyl sites for hydroxylation is 1. The minimum absolute atomic E-state index is 0.329. The van der Waals surface area contributed by atoms with E-state index in [0.717, 1.165) is 21.6 Å². The molecule has 134 valence electrons. The van der Waals surface area contributed by atoms with Crippen LogP contribution in [0, 0.1) is 6.92 Å². The van der Waals surface area contributed by atoms with E-state index < -0.39 is 24.5 Å². The number of nitrogens with zero attached hydrogens (tertiary/aromatic N) is 1. The Balaban J connectivity index is 1.50. The molecule has 27 heavy (non-hydrogen) atoms. The molecule has 0 N–H and O–H groups in total. The molecule has 4 rings (SSSR count). The predicted molar refractivity (Wildman–Crippen MR) is 102 cm³/mol. The molecule has 0 fully saturated rings. The summed E-state index contributed by atoms with van der Waals surface area (Å²) < 4.78 is 5.28. The lowest BCUT2D eigenvalue weighted by Gasteiger charge is -2.14. The zero-order chi connectivity index (χ0) is 19.0. The number of imide groups is 1. The van der Waals surface area contributed by atoms with Crippen molar-refractivity contribution in [3.8, 4) is 11.1 Å². The van der Waals surface area contributed by atoms with E-state index in [0.29, 0.717) is 16.0 Å². The first kappa shape index (κ1) is 17.2. The van der Waals surface area contributed by atoms with Gasteiger partial charge in [0.15, 0.2) is 6.73 Å². The van der Waals surface area contributed by atoms with Gasteiger partial charge in [-0.3, -0.25) is 9.59 Å². The highest BCUT2D eigenvalue weighted by Gasteiger charge is 2.36. The van der Waals surface area contributed by atoms with E-state index in [1.54, 1.807) is 24.3 Å². The lowest BCUT2D eigenvalue weighted by atomic mass is 10.1. The van der Waals surface area contributed by atoms with Gasteiger partial charge in [-0.15, -0.1) is 11.3 Å². The highest BCUT2D eigenvalue weighted by Crippen LogP contribution is 2.29. The van der Waals surface area contributed by atoms with Gasteiger partial charge in [0.25, 0.3) is 11.8 Å². The molecule has 3 aromatic rings. The standard InChI is InChI=1S/C21H15NO4S/c1-13-6-8-14(9-7-13)15-10-11-27-18(15)21(25)26-12-22-19(23)16-4-2-3-5-17(16)20(22)24/h2-11H,12H2,1H3. The highest BCUT2D eigenvalue weighted by molar-refractivity contribution is 7.12. The van der Waals surface area contributed by atoms with E-state index in [2.05, 4.69) is 0 Å². The maximum Gasteiger partial charge on any atom is 0.350 e. The number of amides is 2. The first-order valence-electron chi connectivity index (χ1n) is 8.33. The van der Waals surface area contributed by atoms with Crippen LogP contribution >= 0.6 is 11.3 Å². The Labute approximate surface area is 159 Å². The summed E-state index contributed by atoms with van der Waals surface area (Å²) in [5.74, 6) is -1.46. The fourth-order valence-corrected chi connectivity index (χ4v) is 3.78. The monoisotopic (exact) mass is 377 g/mol. The van der Waals surface area contributed by atoms with E-state index in [4.69, 9.17) is 4.74 Å². The molecule has 0 radical (unpaired) electrons. The molecule has 1 aliphatic rings. The van der Waals surface area contributed by atoms with Gasteiger partial charge in [-0.05, 0) is 36.1 Å². The van der Waals surface area contributed by atoms with Crippen LogP contribution in [-0.2, 0) is 4.74 Å². The van der Waals surface area contributed by atoms with Crippen LogP contribution in [0.15, 0.2) is 60.0 Å². The number of carbonyl (C=O) groups is 3. The summed E-state index contributed by atoms with van der Waals surface area (Å²) >= 11 is 1.27. The number of benzene rings is 2. The van der Waals surface area contributed by atoms with Crippen molar-refractivity contribution in [3.05, 3.63) is 81.5 Å². The molecule has 0 saturated carbocycles. The molecule has 1 aromatic heterocycles. The number of ether oxygens (including phenoxy) is 1. The van der Waals surface area contributed by atoms with Crippen molar-refractivity contribution in [1.82, 2.24) is 4.90 Å². The third kappa shape index (κ3) is 3.04. The number of hydrogen-bond acceptors (Lipinski definition) is 5. The van der Waals surface area contributed by atoms with E-state index in [-0.39, 0.29) is 0 Å². The average molecular weight is 377 g/mol. The topological polar surface area (TPSA) is 63.7 Å². The summed E-state index contributed by atoms with van der Waals surface area (Å²) in [4.78, 5) is 38.6. The van der Waals surface area contributed by atoms with Gasteiger partial charge >= 0.3 is 5.97 Å². The Morgan fingerprint density at radius 3 is 2.19 bits per heavy atom. The number of fused-ring (bicyclic) bond motifs is 1. The van der Waals surface area contributed by atoms with Crippen molar-refractivity contribution < 1.29 is 19.1 Å². The molecular formula is C21H15NO4S. The van der Waals surface area contributed by atoms with Crippen molar-refractivity contribution in [2.24, 2.45) is 0 Å². The second kappa shape index (κ2) is 6.81. The highest BCUT2D eigenvalue weighted by atomic mass is 32.1. The van der Waals surface area contributed by atoms with Gasteiger partial charge in [0.05, 0.1) is 11.1 Å². The number of hydrogen-bond donors (Lipinski definition) is 0. The molecule has 2 heterocycles. The van der Waals surface area contributed by atoms with Crippen molar-refractivity contribution in [3.63, 3.8) is 0 Å². The second-order valence-electron chi connectivity index (χ2n) is 6.17. The van der Waals surface area contributed by atoms with Crippen LogP contribution in [0.1, 0.15) is 36.0 Å². The smallest absolute Gasteiger partial charge is 0.350 e. The lowest BCUT2D eigenvalue weighted by molar-refractivity contribution is 0.0232. The van der Waals surface area contributed by atoms with Crippen LogP contribution in [0.3, 0.4) is 0 Å². The molecule has 0 bridgehead atoms. The number of thiophene rings is 1. The first-order chi connectivity index (χ1) is 13.1. The number of rotatable bonds is 4. The van der Waals surface area contributed by atoms with E-state index in [1.807, 2.05) is 42.6 Å². The molecular weight excluding hydrogens is 362 g/mol. The largest absolute Gasteiger partial charge is 0.439 e. The molecule has 0 spiro atoms. The summed E-state index contributed by atoms with van der Waals surface area (Å²) in [7, 11) is 0. The van der Waals surface area contributed by atoms with Crippen LogP contribution in [-0.4, -0.2) is 29.4 Å². The minimum Gasteiger partial charge on any atom is -0.439 e. The normalized spacial score (nSPS) is 13.0. The second-order valence-corrected chi connectivity index (χ2v) is 7.09. The van der Waals surface area contributed by atoms with Gasteiger partial charge in [-0.25, -0.2) is 9.69 Å². The van der Waals surface area contributed by atoms with Crippen molar-refractivity contribution >= 4 is 29.1 Å². The van der Waals surface area contributed by atoms with Crippen LogP contribution in [0.25, 0.3) is 11.1 Å². The molecule has 5 nitrogen and oxygen atoms in total. The maximum atomic E-state index is 12.5. The van der Waals surface area contributed by atoms with Crippen LogP contribution < -0.4 is 0 Å². The predicted octanol–water partition coefficient (Wildman–Crippen LogP) is 4.13. The maximum absolute atomic E-state index is 12.5. The van der Waals surface area contributed by atoms with Crippen LogP contribution in [0.4, 0.5) is 0 Å². The molecule has 0 atom stereocenters. The molecule has 0 unspecified atom stereocenters. The van der Waals surface area contributed by atoms with Gasteiger partial charge in [-0.1, -0.05) is 42.0 Å². The van der Waals surface area contributed by atoms with Crippen molar-refractivity contribution in [2.45, 2.75) is 6.92 Å². The molecule has 2 aromatic carbocycles. The Morgan fingerprint density at radius 2 is 1.56 bits per heavy atom. The fraction of sp³-hybridized carbons (Fsp3) is 0.0952. The Morgan fingerprint density at radius 1 is 0.926 bits per heavy atom. The third-order valence-corrected chi connectivity index (χ3v) is 5.31. The van der Waals surface area contributed by atoms with E-state index in [1.165, 1.54) is 11.3 Å². The minimum atomic E-state index is -0.558. The van der Waals surface area contributed by atoms with Gasteiger partial charge in [-0.2, -0.15) is 0 Å². The number of carbonyl (C=O) groups excluding carboxylic acids is 3. The molecule has 0 aliphatic carbocycles. The summed E-state index contributed by atoms with van der Waals surface area (Å²) in [6.45, 7) is 1.59. The van der Waals surface area contributed by atoms with Crippen molar-refractivity contribution in [2.75, 3.05) is 6.73 Å². The molecule has 6 heteroatoms. The molecule has 0 saturated heterocycles. The fourth-order valence-electron chi connectivity index (χ4n) is 2.97. The van der Waals surface area contributed by atoms with Gasteiger partial charge in [0.1, 0.15) is 4.88 Å². The Kier molecular flexibility index (Phi) is 4.33. The lowest BCUT2D eigenvalue weighted by Crippen LogP contribution is -2.33. The number of esters is 1. The molecule has 1 aliphatic heterocycles. The SMILES string of the molecule is Cc1ccc(-c2ccsc2C(=O)OCN2C(=O)c3ccccc3C2=O)cc1. The Hall–Kier alpha value is -3.25.